The number of non-ortho nitro benzene ring substituents is 1. The average molecular weight is 432 g/mol. The highest BCUT2D eigenvalue weighted by atomic mass is 32.2. The molecule has 1 fully saturated rings. The van der Waals surface area contributed by atoms with Gasteiger partial charge in [0.25, 0.3) is 11.6 Å². The molecule has 2 aromatic rings. The van der Waals surface area contributed by atoms with Gasteiger partial charge in [-0.3, -0.25) is 19.8 Å². The molecule has 1 aromatic carbocycles. The number of aliphatic carboxylic acids is 1. The summed E-state index contributed by atoms with van der Waals surface area (Å²) in [6, 6.07) is 8.25. The number of furan rings is 1. The van der Waals surface area contributed by atoms with Crippen LogP contribution in [0.3, 0.4) is 0 Å². The number of carboxylic acid groups (broad SMARTS) is 1. The fourth-order valence-corrected chi connectivity index (χ4v) is 4.18. The van der Waals surface area contributed by atoms with Crippen LogP contribution in [0.25, 0.3) is 17.4 Å². The Balaban J connectivity index is 1.82. The highest BCUT2D eigenvalue weighted by molar-refractivity contribution is 8.26. The molecule has 1 N–H and O–H groups in total. The molecule has 10 heteroatoms. The fourth-order valence-electron chi connectivity index (χ4n) is 2.85. The van der Waals surface area contributed by atoms with E-state index in [1.165, 1.54) is 18.2 Å². The highest BCUT2D eigenvalue weighted by Gasteiger charge is 2.40. The summed E-state index contributed by atoms with van der Waals surface area (Å²) in [4.78, 5) is 35.9. The monoisotopic (exact) mass is 432 g/mol. The second kappa shape index (κ2) is 8.58. The lowest BCUT2D eigenvalue weighted by Crippen LogP contribution is -2.43. The number of nitrogens with zero attached hydrogens (tertiary/aromatic N) is 2. The molecule has 2 heterocycles. The van der Waals surface area contributed by atoms with Crippen molar-refractivity contribution in [2.45, 2.75) is 25.8 Å². The van der Waals surface area contributed by atoms with Crippen LogP contribution in [0, 0.1) is 10.1 Å². The van der Waals surface area contributed by atoms with Crippen LogP contribution < -0.4 is 0 Å². The molecule has 1 saturated heterocycles. The van der Waals surface area contributed by atoms with Crippen molar-refractivity contribution in [3.8, 4) is 11.3 Å². The Kier molecular flexibility index (Phi) is 6.14. The lowest BCUT2D eigenvalue weighted by Gasteiger charge is -2.22. The van der Waals surface area contributed by atoms with Gasteiger partial charge in [-0.05, 0) is 30.7 Å². The minimum absolute atomic E-state index is 0.0238. The number of hydrogen-bond donors (Lipinski definition) is 1. The lowest BCUT2D eigenvalue weighted by atomic mass is 10.1. The Morgan fingerprint density at radius 2 is 2.03 bits per heavy atom. The number of rotatable bonds is 7. The van der Waals surface area contributed by atoms with E-state index < -0.39 is 22.8 Å². The molecule has 1 amide bonds. The van der Waals surface area contributed by atoms with Gasteiger partial charge in [-0.2, -0.15) is 0 Å². The molecule has 0 bridgehead atoms. The highest BCUT2D eigenvalue weighted by Crippen LogP contribution is 2.35. The number of benzene rings is 1. The normalized spacial score (nSPS) is 16.4. The maximum atomic E-state index is 12.7. The number of carbonyl (C=O) groups excluding carboxylic acids is 1. The van der Waals surface area contributed by atoms with Gasteiger partial charge in [0.15, 0.2) is 0 Å². The Morgan fingerprint density at radius 1 is 1.34 bits per heavy atom. The third-order valence-corrected chi connectivity index (χ3v) is 5.58. The Labute approximate surface area is 175 Å². The summed E-state index contributed by atoms with van der Waals surface area (Å²) in [6.07, 6.45) is 2.42. The minimum atomic E-state index is -1.09. The van der Waals surface area contributed by atoms with Gasteiger partial charge in [-0.1, -0.05) is 37.3 Å². The van der Waals surface area contributed by atoms with Gasteiger partial charge >= 0.3 is 5.97 Å². The van der Waals surface area contributed by atoms with Crippen LogP contribution in [0.15, 0.2) is 45.7 Å². The second-order valence-electron chi connectivity index (χ2n) is 6.20. The lowest BCUT2D eigenvalue weighted by molar-refractivity contribution is -0.384. The minimum Gasteiger partial charge on any atom is -0.480 e. The number of thiocarbonyl (C=S) groups is 1. The first-order valence-corrected chi connectivity index (χ1v) is 9.88. The van der Waals surface area contributed by atoms with E-state index >= 15 is 0 Å². The largest absolute Gasteiger partial charge is 0.480 e. The summed E-state index contributed by atoms with van der Waals surface area (Å²) in [6.45, 7) is 1.84. The smallest absolute Gasteiger partial charge is 0.326 e. The molecule has 1 atom stereocenters. The van der Waals surface area contributed by atoms with Crippen molar-refractivity contribution >= 4 is 51.9 Å². The number of nitro groups is 1. The van der Waals surface area contributed by atoms with E-state index in [2.05, 4.69) is 0 Å². The van der Waals surface area contributed by atoms with Crippen molar-refractivity contribution in [2.75, 3.05) is 0 Å². The zero-order valence-corrected chi connectivity index (χ0v) is 16.9. The summed E-state index contributed by atoms with van der Waals surface area (Å²) < 4.78 is 5.91. The maximum Gasteiger partial charge on any atom is 0.326 e. The second-order valence-corrected chi connectivity index (χ2v) is 7.88. The standard InChI is InChI=1S/C19H16N2O6S2/c1-2-3-14(18(23)24)20-17(22)16(29-19(20)28)10-13-8-9-15(27-13)11-4-6-12(7-5-11)21(25)26/h4-10,14H,2-3H2,1H3,(H,23,24)/b16-10-/t14-/m0/s1. The number of carbonyl (C=O) groups is 2. The van der Waals surface area contributed by atoms with Gasteiger partial charge in [-0.25, -0.2) is 4.79 Å². The topological polar surface area (TPSA) is 114 Å². The molecule has 150 valence electrons. The third-order valence-electron chi connectivity index (χ3n) is 4.25. The molecule has 3 rings (SSSR count). The van der Waals surface area contributed by atoms with Gasteiger partial charge in [0.2, 0.25) is 0 Å². The molecule has 0 radical (unpaired) electrons. The zero-order chi connectivity index (χ0) is 21.1. The first-order chi connectivity index (χ1) is 13.8. The van der Waals surface area contributed by atoms with E-state index in [4.69, 9.17) is 16.6 Å². The van der Waals surface area contributed by atoms with E-state index in [1.54, 1.807) is 24.3 Å². The van der Waals surface area contributed by atoms with Crippen LogP contribution in [0.2, 0.25) is 0 Å². The molecule has 1 aliphatic heterocycles. The Hall–Kier alpha value is -2.98. The SMILES string of the molecule is CCC[C@@H](C(=O)O)N1C(=O)/C(=C/c2ccc(-c3ccc([N+](=O)[O-])cc3)o2)SC1=S. The van der Waals surface area contributed by atoms with Crippen molar-refractivity contribution in [3.63, 3.8) is 0 Å². The van der Waals surface area contributed by atoms with Crippen LogP contribution in [-0.2, 0) is 9.59 Å². The Morgan fingerprint density at radius 3 is 2.62 bits per heavy atom. The van der Waals surface area contributed by atoms with E-state index in [1.807, 2.05) is 6.92 Å². The van der Waals surface area contributed by atoms with Crippen molar-refractivity contribution in [3.05, 3.63) is 57.2 Å². The summed E-state index contributed by atoms with van der Waals surface area (Å²) in [7, 11) is 0. The summed E-state index contributed by atoms with van der Waals surface area (Å²) in [5.41, 5.74) is 0.626. The maximum absolute atomic E-state index is 12.7. The number of thioether (sulfide) groups is 1. The number of carboxylic acids is 1. The zero-order valence-electron chi connectivity index (χ0n) is 15.2. The predicted octanol–water partition coefficient (Wildman–Crippen LogP) is 4.31. The molecular formula is C19H16N2O6S2. The van der Waals surface area contributed by atoms with Crippen LogP contribution in [0.5, 0.6) is 0 Å². The van der Waals surface area contributed by atoms with Crippen molar-refractivity contribution in [1.29, 1.82) is 0 Å². The van der Waals surface area contributed by atoms with Crippen LogP contribution in [0.4, 0.5) is 5.69 Å². The van der Waals surface area contributed by atoms with Gasteiger partial charge in [0.05, 0.1) is 9.83 Å². The van der Waals surface area contributed by atoms with Crippen LogP contribution in [-0.4, -0.2) is 37.2 Å². The molecule has 0 aliphatic carbocycles. The average Bonchev–Trinajstić information content (AvgIpc) is 3.25. The molecule has 0 saturated carbocycles. The first kappa shape index (κ1) is 20.7. The van der Waals surface area contributed by atoms with E-state index in [0.717, 1.165) is 16.7 Å². The molecule has 0 spiro atoms. The molecule has 1 aromatic heterocycles. The third kappa shape index (κ3) is 4.38. The molecule has 8 nitrogen and oxygen atoms in total. The van der Waals surface area contributed by atoms with E-state index in [0.29, 0.717) is 29.9 Å². The summed E-state index contributed by atoms with van der Waals surface area (Å²) >= 11 is 6.24. The van der Waals surface area contributed by atoms with E-state index in [9.17, 15) is 24.8 Å². The molecule has 0 unspecified atom stereocenters. The number of amides is 1. The molecular weight excluding hydrogens is 416 g/mol. The predicted molar refractivity (Wildman–Crippen MR) is 112 cm³/mol. The molecule has 1 aliphatic rings. The van der Waals surface area contributed by atoms with Crippen LogP contribution in [0.1, 0.15) is 25.5 Å². The Bertz CT molecular complexity index is 1010. The number of nitro benzene ring substituents is 1. The van der Waals surface area contributed by atoms with E-state index in [-0.39, 0.29) is 14.9 Å². The number of hydrogen-bond acceptors (Lipinski definition) is 7. The van der Waals surface area contributed by atoms with Gasteiger partial charge in [0.1, 0.15) is 21.9 Å². The first-order valence-electron chi connectivity index (χ1n) is 8.66. The molecule has 29 heavy (non-hydrogen) atoms. The van der Waals surface area contributed by atoms with Crippen molar-refractivity contribution in [2.24, 2.45) is 0 Å². The summed E-state index contributed by atoms with van der Waals surface area (Å²) in [5, 5.41) is 20.2. The quantitative estimate of drug-likeness (QED) is 0.298. The van der Waals surface area contributed by atoms with Crippen molar-refractivity contribution < 1.29 is 24.0 Å². The van der Waals surface area contributed by atoms with Crippen molar-refractivity contribution in [1.82, 2.24) is 4.90 Å². The van der Waals surface area contributed by atoms with Crippen LogP contribution >= 0.6 is 24.0 Å². The summed E-state index contributed by atoms with van der Waals surface area (Å²) in [5.74, 6) is -0.686. The van der Waals surface area contributed by atoms with Gasteiger partial charge in [0, 0.05) is 23.8 Å². The van der Waals surface area contributed by atoms with Gasteiger partial charge < -0.3 is 9.52 Å². The fraction of sp³-hybridized carbons (Fsp3) is 0.211. The van der Waals surface area contributed by atoms with Gasteiger partial charge in [-0.15, -0.1) is 0 Å².